The zero-order valence-electron chi connectivity index (χ0n) is 16.3. The zero-order chi connectivity index (χ0) is 22.0. The van der Waals surface area contributed by atoms with Gasteiger partial charge in [0.2, 0.25) is 11.9 Å². The van der Waals surface area contributed by atoms with Gasteiger partial charge < -0.3 is 20.3 Å². The SMILES string of the molecule is CNC(=O)c1cc(F)cc(Nc2ncnc(N3CC(Oc4ccc(F)c(Cl)c4)C3)n2)c1. The summed E-state index contributed by atoms with van der Waals surface area (Å²) in [6.45, 7) is 1.03. The van der Waals surface area contributed by atoms with Gasteiger partial charge in [-0.15, -0.1) is 0 Å². The highest BCUT2D eigenvalue weighted by Gasteiger charge is 2.31. The molecule has 2 N–H and O–H groups in total. The number of hydrogen-bond donors (Lipinski definition) is 2. The fourth-order valence-corrected chi connectivity index (χ4v) is 3.16. The lowest BCUT2D eigenvalue weighted by atomic mass is 10.2. The van der Waals surface area contributed by atoms with E-state index in [1.165, 1.54) is 43.7 Å². The Hall–Kier alpha value is -3.53. The minimum Gasteiger partial charge on any atom is -0.487 e. The van der Waals surface area contributed by atoms with Crippen molar-refractivity contribution in [3.05, 3.63) is 64.9 Å². The van der Waals surface area contributed by atoms with Crippen LogP contribution in [-0.2, 0) is 0 Å². The van der Waals surface area contributed by atoms with Gasteiger partial charge in [-0.1, -0.05) is 11.6 Å². The van der Waals surface area contributed by atoms with Gasteiger partial charge in [-0.05, 0) is 30.3 Å². The number of amides is 1. The molecule has 1 fully saturated rings. The minimum atomic E-state index is -0.568. The van der Waals surface area contributed by atoms with Crippen LogP contribution in [0, 0.1) is 11.6 Å². The van der Waals surface area contributed by atoms with E-state index in [0.717, 1.165) is 6.07 Å². The number of benzene rings is 2. The number of carbonyl (C=O) groups excluding carboxylic acids is 1. The van der Waals surface area contributed by atoms with Gasteiger partial charge in [0.05, 0.1) is 18.1 Å². The lowest BCUT2D eigenvalue weighted by Gasteiger charge is -2.38. The lowest BCUT2D eigenvalue weighted by Crippen LogP contribution is -2.54. The largest absolute Gasteiger partial charge is 0.487 e. The molecule has 0 bridgehead atoms. The fraction of sp³-hybridized carbons (Fsp3) is 0.200. The molecule has 1 aliphatic heterocycles. The van der Waals surface area contributed by atoms with E-state index in [4.69, 9.17) is 16.3 Å². The van der Waals surface area contributed by atoms with E-state index in [1.807, 2.05) is 4.90 Å². The number of ether oxygens (including phenoxy) is 1. The average molecular weight is 447 g/mol. The summed E-state index contributed by atoms with van der Waals surface area (Å²) in [5.41, 5.74) is 0.497. The molecule has 4 rings (SSSR count). The minimum absolute atomic E-state index is 0.00112. The Bertz CT molecular complexity index is 1130. The number of rotatable bonds is 6. The topological polar surface area (TPSA) is 92.3 Å². The third kappa shape index (κ3) is 4.80. The molecule has 0 unspecified atom stereocenters. The second-order valence-corrected chi connectivity index (χ2v) is 7.17. The van der Waals surface area contributed by atoms with Gasteiger partial charge >= 0.3 is 0 Å². The normalized spacial score (nSPS) is 13.5. The van der Waals surface area contributed by atoms with Crippen LogP contribution in [0.3, 0.4) is 0 Å². The van der Waals surface area contributed by atoms with Crippen molar-refractivity contribution in [1.29, 1.82) is 0 Å². The molecular formula is C20H17ClF2N6O2. The Labute approximate surface area is 181 Å². The summed E-state index contributed by atoms with van der Waals surface area (Å²) in [5, 5.41) is 5.33. The van der Waals surface area contributed by atoms with Crippen molar-refractivity contribution in [3.63, 3.8) is 0 Å². The molecule has 0 saturated carbocycles. The van der Waals surface area contributed by atoms with E-state index in [0.29, 0.717) is 30.5 Å². The van der Waals surface area contributed by atoms with E-state index in [1.54, 1.807) is 0 Å². The average Bonchev–Trinajstić information content (AvgIpc) is 2.72. The fourth-order valence-electron chi connectivity index (χ4n) is 2.99. The van der Waals surface area contributed by atoms with Crippen molar-refractivity contribution in [1.82, 2.24) is 20.3 Å². The molecule has 2 aromatic carbocycles. The molecule has 1 saturated heterocycles. The molecule has 0 atom stereocenters. The Balaban J connectivity index is 1.40. The third-order valence-corrected chi connectivity index (χ3v) is 4.82. The number of anilines is 3. The van der Waals surface area contributed by atoms with Crippen LogP contribution in [-0.4, -0.2) is 47.1 Å². The first-order valence-corrected chi connectivity index (χ1v) is 9.64. The van der Waals surface area contributed by atoms with Crippen molar-refractivity contribution in [3.8, 4) is 5.75 Å². The number of aromatic nitrogens is 3. The van der Waals surface area contributed by atoms with Gasteiger partial charge in [0.15, 0.2) is 0 Å². The number of carbonyl (C=O) groups is 1. The summed E-state index contributed by atoms with van der Waals surface area (Å²) >= 11 is 5.77. The Kier molecular flexibility index (Phi) is 5.81. The van der Waals surface area contributed by atoms with Crippen LogP contribution in [0.1, 0.15) is 10.4 Å². The molecule has 160 valence electrons. The Morgan fingerprint density at radius 1 is 1.19 bits per heavy atom. The van der Waals surface area contributed by atoms with Crippen molar-refractivity contribution < 1.29 is 18.3 Å². The van der Waals surface area contributed by atoms with Crippen LogP contribution in [0.5, 0.6) is 5.75 Å². The quantitative estimate of drug-likeness (QED) is 0.600. The molecule has 0 spiro atoms. The highest BCUT2D eigenvalue weighted by Crippen LogP contribution is 2.26. The molecule has 0 radical (unpaired) electrons. The van der Waals surface area contributed by atoms with Crippen molar-refractivity contribution in [2.75, 3.05) is 30.4 Å². The molecule has 3 aromatic rings. The highest BCUT2D eigenvalue weighted by molar-refractivity contribution is 6.30. The first kappa shape index (κ1) is 20.7. The summed E-state index contributed by atoms with van der Waals surface area (Å²) in [7, 11) is 1.47. The summed E-state index contributed by atoms with van der Waals surface area (Å²) in [6.07, 6.45) is 1.20. The van der Waals surface area contributed by atoms with Crippen LogP contribution in [0.2, 0.25) is 5.02 Å². The predicted molar refractivity (Wildman–Crippen MR) is 111 cm³/mol. The Morgan fingerprint density at radius 3 is 2.74 bits per heavy atom. The van der Waals surface area contributed by atoms with Crippen LogP contribution < -0.4 is 20.3 Å². The van der Waals surface area contributed by atoms with Gasteiger partial charge in [0.25, 0.3) is 5.91 Å². The number of halogens is 3. The van der Waals surface area contributed by atoms with Crippen molar-refractivity contribution >= 4 is 35.1 Å². The Morgan fingerprint density at radius 2 is 2.00 bits per heavy atom. The van der Waals surface area contributed by atoms with Crippen LogP contribution >= 0.6 is 11.6 Å². The first-order chi connectivity index (χ1) is 14.9. The second-order valence-electron chi connectivity index (χ2n) is 6.76. The molecule has 1 aliphatic rings. The van der Waals surface area contributed by atoms with E-state index < -0.39 is 17.5 Å². The van der Waals surface area contributed by atoms with Gasteiger partial charge in [0.1, 0.15) is 29.8 Å². The van der Waals surface area contributed by atoms with E-state index >= 15 is 0 Å². The summed E-state index contributed by atoms with van der Waals surface area (Å²) in [4.78, 5) is 26.1. The van der Waals surface area contributed by atoms with E-state index in [9.17, 15) is 13.6 Å². The smallest absolute Gasteiger partial charge is 0.251 e. The molecule has 31 heavy (non-hydrogen) atoms. The molecule has 0 aliphatic carbocycles. The van der Waals surface area contributed by atoms with Gasteiger partial charge in [0, 0.05) is 24.4 Å². The summed E-state index contributed by atoms with van der Waals surface area (Å²) in [6, 6.07) is 8.05. The first-order valence-electron chi connectivity index (χ1n) is 9.26. The second kappa shape index (κ2) is 8.68. The maximum atomic E-state index is 13.8. The lowest BCUT2D eigenvalue weighted by molar-refractivity contribution is 0.0962. The predicted octanol–water partition coefficient (Wildman–Crippen LogP) is 3.17. The molecule has 2 heterocycles. The number of hydrogen-bond acceptors (Lipinski definition) is 7. The summed E-state index contributed by atoms with van der Waals surface area (Å²) < 4.78 is 32.9. The molecule has 8 nitrogen and oxygen atoms in total. The van der Waals surface area contributed by atoms with Crippen LogP contribution in [0.4, 0.5) is 26.4 Å². The monoisotopic (exact) mass is 446 g/mol. The van der Waals surface area contributed by atoms with E-state index in [2.05, 4.69) is 25.6 Å². The van der Waals surface area contributed by atoms with Gasteiger partial charge in [-0.25, -0.2) is 18.7 Å². The van der Waals surface area contributed by atoms with Gasteiger partial charge in [-0.3, -0.25) is 4.79 Å². The molecule has 11 heteroatoms. The van der Waals surface area contributed by atoms with Crippen LogP contribution in [0.25, 0.3) is 0 Å². The maximum absolute atomic E-state index is 13.8. The zero-order valence-corrected chi connectivity index (χ0v) is 17.0. The van der Waals surface area contributed by atoms with Crippen molar-refractivity contribution in [2.24, 2.45) is 0 Å². The van der Waals surface area contributed by atoms with Crippen molar-refractivity contribution in [2.45, 2.75) is 6.10 Å². The highest BCUT2D eigenvalue weighted by atomic mass is 35.5. The number of nitrogens with one attached hydrogen (secondary N) is 2. The number of nitrogens with zero attached hydrogens (tertiary/aromatic N) is 4. The van der Waals surface area contributed by atoms with Gasteiger partial charge in [-0.2, -0.15) is 4.98 Å². The standard InChI is InChI=1S/C20H17ClF2N6O2/c1-24-18(30)11-4-12(22)6-13(5-11)27-19-25-10-26-20(28-19)29-8-15(9-29)31-14-2-3-17(23)16(21)7-14/h2-7,10,15H,8-9H2,1H3,(H,24,30)(H,25,26,27,28). The maximum Gasteiger partial charge on any atom is 0.251 e. The summed E-state index contributed by atoms with van der Waals surface area (Å²) in [5.74, 6) is -0.387. The third-order valence-electron chi connectivity index (χ3n) is 4.53. The molecular weight excluding hydrogens is 430 g/mol. The van der Waals surface area contributed by atoms with E-state index in [-0.39, 0.29) is 22.6 Å². The molecule has 1 amide bonds. The molecule has 1 aromatic heterocycles. The van der Waals surface area contributed by atoms with Crippen LogP contribution in [0.15, 0.2) is 42.7 Å².